The van der Waals surface area contributed by atoms with Gasteiger partial charge in [-0.25, -0.2) is 9.97 Å². The first kappa shape index (κ1) is 16.4. The largest absolute Gasteiger partial charge is 0.491 e. The standard InChI is InChI=1S/C18H24N2O2/c1-3-5-15-13-19-18(20-14-15)16-6-8-17(9-7-16)22-12-11-21-10-4-2/h6-9,13-14H,3-5,10-12H2,1-2H3. The number of nitrogens with zero attached hydrogens (tertiary/aromatic N) is 2. The average Bonchev–Trinajstić information content (AvgIpc) is 2.56. The quantitative estimate of drug-likeness (QED) is 0.659. The molecule has 0 atom stereocenters. The van der Waals surface area contributed by atoms with Gasteiger partial charge in [0.25, 0.3) is 0 Å². The third-order valence-electron chi connectivity index (χ3n) is 3.20. The topological polar surface area (TPSA) is 44.2 Å². The molecule has 0 saturated carbocycles. The Morgan fingerprint density at radius 3 is 2.23 bits per heavy atom. The minimum Gasteiger partial charge on any atom is -0.491 e. The zero-order valence-electron chi connectivity index (χ0n) is 13.4. The van der Waals surface area contributed by atoms with Crippen molar-refractivity contribution in [2.24, 2.45) is 0 Å². The molecule has 0 amide bonds. The van der Waals surface area contributed by atoms with Gasteiger partial charge in [0.15, 0.2) is 5.82 Å². The molecule has 4 nitrogen and oxygen atoms in total. The van der Waals surface area contributed by atoms with Crippen LogP contribution in [-0.2, 0) is 11.2 Å². The molecular weight excluding hydrogens is 276 g/mol. The minimum atomic E-state index is 0.571. The second-order valence-electron chi connectivity index (χ2n) is 5.15. The van der Waals surface area contributed by atoms with Crippen LogP contribution in [0.4, 0.5) is 0 Å². The number of hydrogen-bond donors (Lipinski definition) is 0. The Kier molecular flexibility index (Phi) is 6.84. The molecule has 1 aromatic heterocycles. The van der Waals surface area contributed by atoms with Gasteiger partial charge in [0.2, 0.25) is 0 Å². The van der Waals surface area contributed by atoms with Crippen molar-refractivity contribution < 1.29 is 9.47 Å². The summed E-state index contributed by atoms with van der Waals surface area (Å²) in [6.45, 7) is 6.23. The molecule has 0 saturated heterocycles. The van der Waals surface area contributed by atoms with E-state index in [4.69, 9.17) is 9.47 Å². The van der Waals surface area contributed by atoms with E-state index in [1.54, 1.807) is 0 Å². The van der Waals surface area contributed by atoms with Crippen LogP contribution < -0.4 is 4.74 Å². The van der Waals surface area contributed by atoms with Crippen molar-refractivity contribution in [3.8, 4) is 17.1 Å². The highest BCUT2D eigenvalue weighted by atomic mass is 16.5. The van der Waals surface area contributed by atoms with E-state index in [0.29, 0.717) is 13.2 Å². The first-order valence-corrected chi connectivity index (χ1v) is 7.95. The predicted octanol–water partition coefficient (Wildman–Crippen LogP) is 3.90. The summed E-state index contributed by atoms with van der Waals surface area (Å²) in [7, 11) is 0. The number of aryl methyl sites for hydroxylation is 1. The van der Waals surface area contributed by atoms with Crippen LogP contribution in [-0.4, -0.2) is 29.8 Å². The highest BCUT2D eigenvalue weighted by Gasteiger charge is 2.02. The lowest BCUT2D eigenvalue weighted by Gasteiger charge is -2.07. The normalized spacial score (nSPS) is 10.6. The maximum atomic E-state index is 5.63. The van der Waals surface area contributed by atoms with Gasteiger partial charge in [-0.3, -0.25) is 0 Å². The van der Waals surface area contributed by atoms with E-state index in [-0.39, 0.29) is 0 Å². The monoisotopic (exact) mass is 300 g/mol. The highest BCUT2D eigenvalue weighted by Crippen LogP contribution is 2.19. The molecule has 2 rings (SSSR count). The number of hydrogen-bond acceptors (Lipinski definition) is 4. The Morgan fingerprint density at radius 1 is 0.864 bits per heavy atom. The Bertz CT molecular complexity index is 538. The van der Waals surface area contributed by atoms with Gasteiger partial charge in [0.05, 0.1) is 6.61 Å². The molecule has 0 radical (unpaired) electrons. The summed E-state index contributed by atoms with van der Waals surface area (Å²) < 4.78 is 11.0. The molecule has 0 aliphatic rings. The van der Waals surface area contributed by atoms with Gasteiger partial charge >= 0.3 is 0 Å². The van der Waals surface area contributed by atoms with Crippen LogP contribution in [0, 0.1) is 0 Å². The van der Waals surface area contributed by atoms with Crippen molar-refractivity contribution in [1.82, 2.24) is 9.97 Å². The Balaban J connectivity index is 1.88. The number of rotatable bonds is 9. The van der Waals surface area contributed by atoms with E-state index in [0.717, 1.165) is 43.0 Å². The van der Waals surface area contributed by atoms with Gasteiger partial charge in [0, 0.05) is 24.6 Å². The molecule has 0 aliphatic heterocycles. The van der Waals surface area contributed by atoms with Crippen LogP contribution in [0.15, 0.2) is 36.7 Å². The SMILES string of the molecule is CCCOCCOc1ccc(-c2ncc(CCC)cn2)cc1. The zero-order chi connectivity index (χ0) is 15.6. The fourth-order valence-corrected chi connectivity index (χ4v) is 2.09. The van der Waals surface area contributed by atoms with Crippen molar-refractivity contribution in [2.45, 2.75) is 33.1 Å². The summed E-state index contributed by atoms with van der Waals surface area (Å²) in [5, 5.41) is 0. The van der Waals surface area contributed by atoms with Gasteiger partial charge in [-0.1, -0.05) is 20.3 Å². The lowest BCUT2D eigenvalue weighted by atomic mass is 10.2. The van der Waals surface area contributed by atoms with Crippen LogP contribution in [0.5, 0.6) is 5.75 Å². The number of benzene rings is 1. The van der Waals surface area contributed by atoms with E-state index >= 15 is 0 Å². The molecule has 1 heterocycles. The molecule has 2 aromatic rings. The summed E-state index contributed by atoms with van der Waals surface area (Å²) in [4.78, 5) is 8.84. The fourth-order valence-electron chi connectivity index (χ4n) is 2.09. The van der Waals surface area contributed by atoms with Crippen molar-refractivity contribution in [2.75, 3.05) is 19.8 Å². The second-order valence-corrected chi connectivity index (χ2v) is 5.15. The lowest BCUT2D eigenvalue weighted by Crippen LogP contribution is -2.07. The summed E-state index contributed by atoms with van der Waals surface area (Å²) in [6, 6.07) is 7.85. The van der Waals surface area contributed by atoms with E-state index in [1.807, 2.05) is 36.7 Å². The smallest absolute Gasteiger partial charge is 0.159 e. The van der Waals surface area contributed by atoms with E-state index in [2.05, 4.69) is 23.8 Å². The predicted molar refractivity (Wildman–Crippen MR) is 88.1 cm³/mol. The number of aromatic nitrogens is 2. The summed E-state index contributed by atoms with van der Waals surface area (Å²) >= 11 is 0. The van der Waals surface area contributed by atoms with Gasteiger partial charge < -0.3 is 9.47 Å². The van der Waals surface area contributed by atoms with E-state index < -0.39 is 0 Å². The summed E-state index contributed by atoms with van der Waals surface area (Å²) in [5.41, 5.74) is 2.18. The molecule has 0 spiro atoms. The molecule has 22 heavy (non-hydrogen) atoms. The highest BCUT2D eigenvalue weighted by molar-refractivity contribution is 5.55. The van der Waals surface area contributed by atoms with E-state index in [9.17, 15) is 0 Å². The van der Waals surface area contributed by atoms with Crippen molar-refractivity contribution in [1.29, 1.82) is 0 Å². The van der Waals surface area contributed by atoms with Crippen molar-refractivity contribution >= 4 is 0 Å². The third kappa shape index (κ3) is 5.11. The van der Waals surface area contributed by atoms with Crippen LogP contribution in [0.1, 0.15) is 32.3 Å². The van der Waals surface area contributed by atoms with Crippen molar-refractivity contribution in [3.05, 3.63) is 42.2 Å². The number of ether oxygens (including phenoxy) is 2. The molecule has 0 unspecified atom stereocenters. The van der Waals surface area contributed by atoms with Gasteiger partial charge in [-0.05, 0) is 42.7 Å². The Morgan fingerprint density at radius 2 is 1.59 bits per heavy atom. The van der Waals surface area contributed by atoms with Crippen LogP contribution in [0.25, 0.3) is 11.4 Å². The zero-order valence-corrected chi connectivity index (χ0v) is 13.4. The van der Waals surface area contributed by atoms with Crippen molar-refractivity contribution in [3.63, 3.8) is 0 Å². The van der Waals surface area contributed by atoms with Crippen LogP contribution in [0.3, 0.4) is 0 Å². The van der Waals surface area contributed by atoms with Crippen LogP contribution in [0.2, 0.25) is 0 Å². The first-order chi connectivity index (χ1) is 10.8. The molecule has 0 aliphatic carbocycles. The van der Waals surface area contributed by atoms with E-state index in [1.165, 1.54) is 5.56 Å². The van der Waals surface area contributed by atoms with Crippen LogP contribution >= 0.6 is 0 Å². The maximum Gasteiger partial charge on any atom is 0.159 e. The Hall–Kier alpha value is -1.94. The molecule has 0 N–H and O–H groups in total. The lowest BCUT2D eigenvalue weighted by molar-refractivity contribution is 0.101. The van der Waals surface area contributed by atoms with Gasteiger partial charge in [-0.2, -0.15) is 0 Å². The molecule has 0 fully saturated rings. The Labute approximate surface area is 132 Å². The first-order valence-electron chi connectivity index (χ1n) is 7.95. The average molecular weight is 300 g/mol. The summed E-state index contributed by atoms with van der Waals surface area (Å²) in [5.74, 6) is 1.59. The van der Waals surface area contributed by atoms with Gasteiger partial charge in [-0.15, -0.1) is 0 Å². The molecule has 4 heteroatoms. The summed E-state index contributed by atoms with van der Waals surface area (Å²) in [6.07, 6.45) is 6.97. The third-order valence-corrected chi connectivity index (χ3v) is 3.20. The molecule has 1 aromatic carbocycles. The molecule has 118 valence electrons. The fraction of sp³-hybridized carbons (Fsp3) is 0.444. The maximum absolute atomic E-state index is 5.63. The van der Waals surface area contributed by atoms with Gasteiger partial charge in [0.1, 0.15) is 12.4 Å². The molecular formula is C18H24N2O2. The molecule has 0 bridgehead atoms. The second kappa shape index (κ2) is 9.15. The minimum absolute atomic E-state index is 0.571.